The topological polar surface area (TPSA) is 178 Å². The van der Waals surface area contributed by atoms with Crippen molar-refractivity contribution in [3.05, 3.63) is 0 Å². The lowest BCUT2D eigenvalue weighted by atomic mass is 9.78. The van der Waals surface area contributed by atoms with Crippen LogP contribution in [0.5, 0.6) is 0 Å². The highest BCUT2D eigenvalue weighted by atomic mass is 16.7. The Morgan fingerprint density at radius 2 is 1.59 bits per heavy atom. The van der Waals surface area contributed by atoms with Gasteiger partial charge in [-0.25, -0.2) is 0 Å². The molecule has 2 bridgehead atoms. The molecule has 296 valence electrons. The minimum Gasteiger partial charge on any atom is -0.468 e. The monoisotopic (exact) mass is 730 g/mol. The van der Waals surface area contributed by atoms with Gasteiger partial charge in [-0.3, -0.25) is 9.79 Å². The Morgan fingerprint density at radius 1 is 0.941 bits per heavy atom. The number of methoxy groups -OCH3 is 1. The lowest BCUT2D eigenvalue weighted by Crippen LogP contribution is -2.60. The molecule has 1 unspecified atom stereocenters. The normalized spacial score (nSPS) is 51.3. The molecular weight excluding hydrogens is 664 g/mol. The van der Waals surface area contributed by atoms with Gasteiger partial charge >= 0.3 is 5.97 Å². The number of esters is 1. The van der Waals surface area contributed by atoms with E-state index in [1.807, 2.05) is 53.6 Å². The summed E-state index contributed by atoms with van der Waals surface area (Å²) < 4.78 is 44.0. The van der Waals surface area contributed by atoms with Crippen molar-refractivity contribution in [3.63, 3.8) is 0 Å². The summed E-state index contributed by atoms with van der Waals surface area (Å²) in [5.74, 6) is -2.46. The summed E-state index contributed by atoms with van der Waals surface area (Å²) in [6, 6.07) is -0.767. The number of ether oxygens (including phenoxy) is 7. The second kappa shape index (κ2) is 16.1. The maximum atomic E-state index is 14.2. The van der Waals surface area contributed by atoms with Crippen LogP contribution in [-0.2, 0) is 38.0 Å². The summed E-state index contributed by atoms with van der Waals surface area (Å²) in [5, 5.41) is 46.3. The Kier molecular flexibility index (Phi) is 13.4. The van der Waals surface area contributed by atoms with Gasteiger partial charge in [0.05, 0.1) is 53.5 Å². The van der Waals surface area contributed by atoms with E-state index in [4.69, 9.17) is 38.2 Å². The van der Waals surface area contributed by atoms with E-state index in [2.05, 4.69) is 0 Å². The maximum Gasteiger partial charge on any atom is 0.311 e. The molecule has 3 fully saturated rings. The minimum absolute atomic E-state index is 0.0948. The van der Waals surface area contributed by atoms with Crippen molar-refractivity contribution in [2.45, 2.75) is 185 Å². The molecule has 0 aromatic carbocycles. The molecule has 0 spiro atoms. The highest BCUT2D eigenvalue weighted by Crippen LogP contribution is 2.42. The molecule has 18 atom stereocenters. The first-order chi connectivity index (χ1) is 23.6. The van der Waals surface area contributed by atoms with E-state index in [-0.39, 0.29) is 25.0 Å². The number of aliphatic hydroxyl groups is 4. The molecule has 0 saturated carbocycles. The van der Waals surface area contributed by atoms with Crippen molar-refractivity contribution in [1.29, 1.82) is 0 Å². The zero-order chi connectivity index (χ0) is 38.4. The summed E-state index contributed by atoms with van der Waals surface area (Å²) in [5.41, 5.74) is -3.90. The second-order valence-electron chi connectivity index (χ2n) is 16.5. The molecular formula is C37H66N2O12. The van der Waals surface area contributed by atoms with Crippen LogP contribution in [0.15, 0.2) is 4.99 Å². The largest absolute Gasteiger partial charge is 0.468 e. The number of carbonyl (C=O) groups is 1. The Balaban J connectivity index is 1.82. The van der Waals surface area contributed by atoms with Gasteiger partial charge in [0.25, 0.3) is 0 Å². The van der Waals surface area contributed by atoms with Crippen molar-refractivity contribution < 1.29 is 58.4 Å². The SMILES string of the molecule is CC[C@H]1OC(=O)[C@H](C)[C@@H](O[C@H]2C[C@@](C)(OC)[C@@H](O)[C@H](C)O2)[C@H](C)[C@@H](O[C@@H]2O[C@H](C)C[C@H](N(C)C)[C@H]2O)C(C)(O)C[C@@H](C)/N=C2\O[C@]1(C)[C@H](O)[C@H]2C. The van der Waals surface area contributed by atoms with E-state index >= 15 is 0 Å². The van der Waals surface area contributed by atoms with Crippen molar-refractivity contribution >= 4 is 11.9 Å². The Morgan fingerprint density at radius 3 is 2.18 bits per heavy atom. The minimum atomic E-state index is -1.62. The molecule has 0 aromatic rings. The molecule has 3 saturated heterocycles. The number of nitrogens with zero attached hydrogens (tertiary/aromatic N) is 2. The van der Waals surface area contributed by atoms with Gasteiger partial charge in [-0.1, -0.05) is 20.8 Å². The number of rotatable bonds is 7. The van der Waals surface area contributed by atoms with Gasteiger partial charge in [0.1, 0.15) is 24.4 Å². The maximum absolute atomic E-state index is 14.2. The van der Waals surface area contributed by atoms with E-state index < -0.39 is 102 Å². The first-order valence-electron chi connectivity index (χ1n) is 18.7. The summed E-state index contributed by atoms with van der Waals surface area (Å²) in [7, 11) is 5.28. The highest BCUT2D eigenvalue weighted by Gasteiger charge is 2.56. The average molecular weight is 731 g/mol. The molecule has 14 nitrogen and oxygen atoms in total. The number of hydrogen-bond acceptors (Lipinski definition) is 14. The number of hydrogen-bond donors (Lipinski definition) is 4. The number of aliphatic imine (C=N–C) groups is 1. The van der Waals surface area contributed by atoms with E-state index in [1.54, 1.807) is 34.6 Å². The van der Waals surface area contributed by atoms with Gasteiger partial charge in [0.15, 0.2) is 24.1 Å². The van der Waals surface area contributed by atoms with E-state index in [0.717, 1.165) is 0 Å². The van der Waals surface area contributed by atoms with Crippen LogP contribution >= 0.6 is 0 Å². The summed E-state index contributed by atoms with van der Waals surface area (Å²) >= 11 is 0. The highest BCUT2D eigenvalue weighted by molar-refractivity contribution is 5.82. The van der Waals surface area contributed by atoms with Crippen LogP contribution in [0.3, 0.4) is 0 Å². The van der Waals surface area contributed by atoms with Gasteiger partial charge in [0, 0.05) is 31.9 Å². The molecule has 0 aliphatic carbocycles. The zero-order valence-electron chi connectivity index (χ0n) is 32.9. The third kappa shape index (κ3) is 8.60. The predicted molar refractivity (Wildman–Crippen MR) is 188 cm³/mol. The summed E-state index contributed by atoms with van der Waals surface area (Å²) in [6.45, 7) is 17.8. The third-order valence-electron chi connectivity index (χ3n) is 11.9. The van der Waals surface area contributed by atoms with Gasteiger partial charge < -0.3 is 58.5 Å². The third-order valence-corrected chi connectivity index (χ3v) is 11.9. The summed E-state index contributed by atoms with van der Waals surface area (Å²) in [4.78, 5) is 21.0. The second-order valence-corrected chi connectivity index (χ2v) is 16.5. The van der Waals surface area contributed by atoms with Crippen LogP contribution in [0, 0.1) is 17.8 Å². The van der Waals surface area contributed by atoms with Crippen molar-refractivity contribution in [3.8, 4) is 0 Å². The van der Waals surface area contributed by atoms with Gasteiger partial charge in [0.2, 0.25) is 0 Å². The fourth-order valence-electron chi connectivity index (χ4n) is 8.65. The molecule has 14 heteroatoms. The van der Waals surface area contributed by atoms with Gasteiger partial charge in [-0.2, -0.15) is 0 Å². The van der Waals surface area contributed by atoms with Gasteiger partial charge in [-0.05, 0) is 75.4 Å². The first kappa shape index (κ1) is 42.3. The molecule has 0 radical (unpaired) electrons. The number of fused-ring (bicyclic) bond motifs is 2. The van der Waals surface area contributed by atoms with Crippen LogP contribution in [-0.4, -0.2) is 149 Å². The standard InChI is InChI=1S/C37H66N2O12/c1-14-25-37(10)29(41)22(6)32(51-37)38-18(2)16-35(8,44)31(50-34-27(40)24(39(11)12)15-19(3)46-34)20(4)28(21(5)33(43)48-25)49-26-17-36(9,45-13)30(42)23(7)47-26/h18-31,34,40-42,44H,14-17H2,1-13H3/b38-32-/t18-,19-,20+,21-,22-,23+,24+,25-,26+,27-,28+,29-,30+,31-,34+,35?,36-,37+/m1/s1. The molecule has 4 rings (SSSR count). The number of aliphatic hydroxyl groups excluding tert-OH is 3. The van der Waals surface area contributed by atoms with Crippen LogP contribution in [0.1, 0.15) is 94.9 Å². The molecule has 4 N–H and O–H groups in total. The zero-order valence-corrected chi connectivity index (χ0v) is 32.9. The van der Waals surface area contributed by atoms with Crippen LogP contribution < -0.4 is 0 Å². The fourth-order valence-corrected chi connectivity index (χ4v) is 8.65. The Hall–Kier alpha value is -1.46. The van der Waals surface area contributed by atoms with Crippen LogP contribution in [0.2, 0.25) is 0 Å². The molecule has 4 aliphatic heterocycles. The number of cyclic esters (lactones) is 1. The molecule has 4 heterocycles. The predicted octanol–water partition coefficient (Wildman–Crippen LogP) is 2.41. The summed E-state index contributed by atoms with van der Waals surface area (Å²) in [6.07, 6.45) is -7.63. The average Bonchev–Trinajstić information content (AvgIpc) is 3.26. The molecule has 0 aromatic heterocycles. The first-order valence-corrected chi connectivity index (χ1v) is 18.7. The van der Waals surface area contributed by atoms with Crippen molar-refractivity contribution in [2.24, 2.45) is 22.7 Å². The molecule has 0 amide bonds. The van der Waals surface area contributed by atoms with Crippen molar-refractivity contribution in [1.82, 2.24) is 4.90 Å². The smallest absolute Gasteiger partial charge is 0.311 e. The Bertz CT molecular complexity index is 1220. The number of likely N-dealkylation sites (N-methyl/N-ethyl adjacent to an activating group) is 1. The fraction of sp³-hybridized carbons (Fsp3) is 0.946. The quantitative estimate of drug-likeness (QED) is 0.281. The lowest BCUT2D eigenvalue weighted by molar-refractivity contribution is -0.317. The van der Waals surface area contributed by atoms with Crippen LogP contribution in [0.4, 0.5) is 0 Å². The molecule has 51 heavy (non-hydrogen) atoms. The van der Waals surface area contributed by atoms with E-state index in [1.165, 1.54) is 7.11 Å². The Labute approximate surface area is 304 Å². The van der Waals surface area contributed by atoms with Crippen LogP contribution in [0.25, 0.3) is 0 Å². The van der Waals surface area contributed by atoms with E-state index in [9.17, 15) is 25.2 Å². The van der Waals surface area contributed by atoms with Crippen molar-refractivity contribution in [2.75, 3.05) is 21.2 Å². The number of carbonyl (C=O) groups excluding carboxylic acids is 1. The van der Waals surface area contributed by atoms with E-state index in [0.29, 0.717) is 18.7 Å². The lowest BCUT2D eigenvalue weighted by Gasteiger charge is -2.48. The van der Waals surface area contributed by atoms with Gasteiger partial charge in [-0.15, -0.1) is 0 Å². The molecule has 4 aliphatic rings.